The average molecular weight is 374 g/mol. The van der Waals surface area contributed by atoms with Crippen molar-refractivity contribution in [3.05, 3.63) is 52.3 Å². The number of methoxy groups -OCH3 is 1. The van der Waals surface area contributed by atoms with Gasteiger partial charge >= 0.3 is 0 Å². The number of anilines is 1. The summed E-state index contributed by atoms with van der Waals surface area (Å²) in [6.07, 6.45) is 0. The molecule has 112 valence electrons. The first-order chi connectivity index (χ1) is 9.83. The number of sulfonamides is 1. The normalized spacial score (nSPS) is 11.2. The van der Waals surface area contributed by atoms with Crippen molar-refractivity contribution in [2.75, 3.05) is 11.8 Å². The Morgan fingerprint density at radius 2 is 1.90 bits per heavy atom. The monoisotopic (exact) mass is 373 g/mol. The Hall–Kier alpha value is -1.60. The van der Waals surface area contributed by atoms with Gasteiger partial charge in [0.05, 0.1) is 12.0 Å². The SMILES string of the molecule is COc1cc(S(=O)(=O)Nc2ccc(Br)c(C)c2)ccc1F. The summed E-state index contributed by atoms with van der Waals surface area (Å²) in [7, 11) is -2.53. The Labute approximate surface area is 131 Å². The molecule has 2 aromatic rings. The third-order valence-corrected chi connectivity index (χ3v) is 5.11. The molecule has 0 aliphatic rings. The second-order valence-electron chi connectivity index (χ2n) is 4.37. The second-order valence-corrected chi connectivity index (χ2v) is 6.90. The van der Waals surface area contributed by atoms with Crippen LogP contribution in [-0.4, -0.2) is 15.5 Å². The van der Waals surface area contributed by atoms with Gasteiger partial charge in [0.2, 0.25) is 0 Å². The van der Waals surface area contributed by atoms with Gasteiger partial charge in [-0.05, 0) is 42.8 Å². The maximum absolute atomic E-state index is 13.3. The number of hydrogen-bond acceptors (Lipinski definition) is 3. The molecule has 7 heteroatoms. The highest BCUT2D eigenvalue weighted by molar-refractivity contribution is 9.10. The minimum Gasteiger partial charge on any atom is -0.494 e. The fourth-order valence-electron chi connectivity index (χ4n) is 1.73. The summed E-state index contributed by atoms with van der Waals surface area (Å²) in [6, 6.07) is 8.46. The van der Waals surface area contributed by atoms with Crippen LogP contribution in [0.3, 0.4) is 0 Å². The zero-order valence-corrected chi connectivity index (χ0v) is 13.8. The molecule has 2 aromatic carbocycles. The number of benzene rings is 2. The zero-order chi connectivity index (χ0) is 15.6. The number of nitrogens with one attached hydrogen (secondary N) is 1. The highest BCUT2D eigenvalue weighted by Gasteiger charge is 2.17. The largest absolute Gasteiger partial charge is 0.494 e. The van der Waals surface area contributed by atoms with E-state index in [1.165, 1.54) is 13.2 Å². The van der Waals surface area contributed by atoms with Crippen molar-refractivity contribution in [2.24, 2.45) is 0 Å². The predicted octanol–water partition coefficient (Wildman–Crippen LogP) is 3.71. The first-order valence-electron chi connectivity index (χ1n) is 5.96. The molecule has 0 saturated heterocycles. The standard InChI is InChI=1S/C14H13BrFNO3S/c1-9-7-10(3-5-12(9)15)17-21(18,19)11-4-6-13(16)14(8-11)20-2/h3-8,17H,1-2H3. The first-order valence-corrected chi connectivity index (χ1v) is 8.23. The van der Waals surface area contributed by atoms with E-state index in [1.54, 1.807) is 18.2 Å². The summed E-state index contributed by atoms with van der Waals surface area (Å²) in [5, 5.41) is 0. The summed E-state index contributed by atoms with van der Waals surface area (Å²) >= 11 is 3.35. The fraction of sp³-hybridized carbons (Fsp3) is 0.143. The lowest BCUT2D eigenvalue weighted by molar-refractivity contribution is 0.385. The number of halogens is 2. The van der Waals surface area contributed by atoms with Crippen molar-refractivity contribution in [3.63, 3.8) is 0 Å². The Morgan fingerprint density at radius 3 is 2.52 bits per heavy atom. The van der Waals surface area contributed by atoms with Crippen LogP contribution in [0.25, 0.3) is 0 Å². The van der Waals surface area contributed by atoms with E-state index in [-0.39, 0.29) is 10.6 Å². The molecule has 0 amide bonds. The van der Waals surface area contributed by atoms with Gasteiger partial charge in [-0.3, -0.25) is 4.72 Å². The van der Waals surface area contributed by atoms with Crippen LogP contribution in [0.2, 0.25) is 0 Å². The fourth-order valence-corrected chi connectivity index (χ4v) is 3.04. The van der Waals surface area contributed by atoms with Crippen LogP contribution in [-0.2, 0) is 10.0 Å². The van der Waals surface area contributed by atoms with Gasteiger partial charge < -0.3 is 4.74 Å². The molecule has 0 atom stereocenters. The Bertz CT molecular complexity index is 778. The van der Waals surface area contributed by atoms with E-state index in [0.29, 0.717) is 5.69 Å². The van der Waals surface area contributed by atoms with Crippen LogP contribution in [0, 0.1) is 12.7 Å². The Kier molecular flexibility index (Phi) is 4.53. The summed E-state index contributed by atoms with van der Waals surface area (Å²) in [5.74, 6) is -0.735. The van der Waals surface area contributed by atoms with E-state index in [0.717, 1.165) is 22.2 Å². The third-order valence-electron chi connectivity index (χ3n) is 2.84. The van der Waals surface area contributed by atoms with E-state index in [1.807, 2.05) is 6.92 Å². The molecular weight excluding hydrogens is 361 g/mol. The van der Waals surface area contributed by atoms with Crippen molar-refractivity contribution >= 4 is 31.6 Å². The Morgan fingerprint density at radius 1 is 1.19 bits per heavy atom. The van der Waals surface area contributed by atoms with Crippen LogP contribution in [0.1, 0.15) is 5.56 Å². The maximum Gasteiger partial charge on any atom is 0.262 e. The van der Waals surface area contributed by atoms with Gasteiger partial charge in [-0.15, -0.1) is 0 Å². The summed E-state index contributed by atoms with van der Waals surface area (Å²) in [5.41, 5.74) is 1.32. The van der Waals surface area contributed by atoms with E-state index in [2.05, 4.69) is 20.7 Å². The molecule has 0 spiro atoms. The number of aryl methyl sites for hydroxylation is 1. The van der Waals surface area contributed by atoms with Gasteiger partial charge in [-0.1, -0.05) is 15.9 Å². The van der Waals surface area contributed by atoms with Crippen molar-refractivity contribution in [1.29, 1.82) is 0 Å². The maximum atomic E-state index is 13.3. The molecule has 0 bridgehead atoms. The minimum absolute atomic E-state index is 0.0682. The van der Waals surface area contributed by atoms with Crippen LogP contribution in [0.5, 0.6) is 5.75 Å². The third kappa shape index (κ3) is 3.54. The molecule has 4 nitrogen and oxygen atoms in total. The lowest BCUT2D eigenvalue weighted by atomic mass is 10.2. The quantitative estimate of drug-likeness (QED) is 0.888. The molecule has 0 fully saturated rings. The molecule has 2 rings (SSSR count). The number of rotatable bonds is 4. The lowest BCUT2D eigenvalue weighted by Crippen LogP contribution is -2.13. The molecule has 0 unspecified atom stereocenters. The Balaban J connectivity index is 2.35. The summed E-state index contributed by atoms with van der Waals surface area (Å²) < 4.78 is 46.0. The van der Waals surface area contributed by atoms with Gasteiger partial charge in [-0.2, -0.15) is 0 Å². The average Bonchev–Trinajstić information content (AvgIpc) is 2.43. The molecule has 0 saturated carbocycles. The van der Waals surface area contributed by atoms with E-state index >= 15 is 0 Å². The van der Waals surface area contributed by atoms with Gasteiger partial charge in [0, 0.05) is 16.2 Å². The highest BCUT2D eigenvalue weighted by Crippen LogP contribution is 2.25. The van der Waals surface area contributed by atoms with Crippen LogP contribution in [0.4, 0.5) is 10.1 Å². The molecule has 0 heterocycles. The molecule has 0 radical (unpaired) electrons. The smallest absolute Gasteiger partial charge is 0.262 e. The van der Waals surface area contributed by atoms with Crippen LogP contribution >= 0.6 is 15.9 Å². The molecule has 0 aliphatic heterocycles. The van der Waals surface area contributed by atoms with Gasteiger partial charge in [0.25, 0.3) is 10.0 Å². The van der Waals surface area contributed by atoms with Gasteiger partial charge in [-0.25, -0.2) is 12.8 Å². The summed E-state index contributed by atoms with van der Waals surface area (Å²) in [6.45, 7) is 1.85. The van der Waals surface area contributed by atoms with E-state index in [9.17, 15) is 12.8 Å². The topological polar surface area (TPSA) is 55.4 Å². The predicted molar refractivity (Wildman–Crippen MR) is 82.6 cm³/mol. The summed E-state index contributed by atoms with van der Waals surface area (Å²) in [4.78, 5) is -0.0682. The number of hydrogen-bond donors (Lipinski definition) is 1. The van der Waals surface area contributed by atoms with Crippen LogP contribution < -0.4 is 9.46 Å². The zero-order valence-electron chi connectivity index (χ0n) is 11.4. The minimum atomic E-state index is -3.80. The van der Waals surface area contributed by atoms with E-state index in [4.69, 9.17) is 4.74 Å². The van der Waals surface area contributed by atoms with E-state index < -0.39 is 15.8 Å². The van der Waals surface area contributed by atoms with Crippen molar-refractivity contribution in [2.45, 2.75) is 11.8 Å². The molecule has 21 heavy (non-hydrogen) atoms. The molecule has 1 N–H and O–H groups in total. The molecule has 0 aromatic heterocycles. The molecule has 0 aliphatic carbocycles. The van der Waals surface area contributed by atoms with Crippen molar-refractivity contribution in [3.8, 4) is 5.75 Å². The second kappa shape index (κ2) is 6.03. The first kappa shape index (κ1) is 15.8. The number of ether oxygens (including phenoxy) is 1. The van der Waals surface area contributed by atoms with Crippen LogP contribution in [0.15, 0.2) is 45.8 Å². The lowest BCUT2D eigenvalue weighted by Gasteiger charge is -2.10. The molecular formula is C14H13BrFNO3S. The van der Waals surface area contributed by atoms with Gasteiger partial charge in [0.15, 0.2) is 11.6 Å². The highest BCUT2D eigenvalue weighted by atomic mass is 79.9. The van der Waals surface area contributed by atoms with Crippen molar-refractivity contribution < 1.29 is 17.5 Å². The van der Waals surface area contributed by atoms with Crippen molar-refractivity contribution in [1.82, 2.24) is 0 Å². The van der Waals surface area contributed by atoms with Gasteiger partial charge in [0.1, 0.15) is 0 Å².